The third-order valence-electron chi connectivity index (χ3n) is 4.40. The number of benzene rings is 2. The summed E-state index contributed by atoms with van der Waals surface area (Å²) in [5.74, 6) is 0. The maximum Gasteiger partial charge on any atom is 0.0916 e. The molecule has 3 aromatic rings. The summed E-state index contributed by atoms with van der Waals surface area (Å²) in [6, 6.07) is 12.5. The van der Waals surface area contributed by atoms with E-state index in [9.17, 15) is 0 Å². The minimum atomic E-state index is 0.969. The maximum atomic E-state index is 4.76. The van der Waals surface area contributed by atoms with Crippen molar-refractivity contribution in [3.8, 4) is 0 Å². The molecule has 0 saturated carbocycles. The van der Waals surface area contributed by atoms with Crippen molar-refractivity contribution < 1.29 is 0 Å². The Labute approximate surface area is 116 Å². The van der Waals surface area contributed by atoms with Crippen molar-refractivity contribution in [1.29, 1.82) is 0 Å². The lowest BCUT2D eigenvalue weighted by molar-refractivity contribution is 0.625. The van der Waals surface area contributed by atoms with Crippen LogP contribution in [0.3, 0.4) is 0 Å². The molecule has 0 spiro atoms. The van der Waals surface area contributed by atoms with Crippen molar-refractivity contribution in [2.45, 2.75) is 0 Å². The van der Waals surface area contributed by atoms with Gasteiger partial charge in [0.1, 0.15) is 0 Å². The van der Waals surface area contributed by atoms with E-state index < -0.39 is 0 Å². The van der Waals surface area contributed by atoms with E-state index in [1.165, 1.54) is 11.4 Å². The molecule has 6 rings (SSSR count). The Hall–Kier alpha value is -2.36. The summed E-state index contributed by atoms with van der Waals surface area (Å²) in [7, 11) is 0. The Kier molecular flexibility index (Phi) is 1.88. The van der Waals surface area contributed by atoms with E-state index in [1.54, 1.807) is 0 Å². The fraction of sp³-hybridized carbons (Fsp3) is 0.250. The number of rotatable bonds is 0. The van der Waals surface area contributed by atoms with Crippen molar-refractivity contribution in [2.24, 2.45) is 0 Å². The first-order chi connectivity index (χ1) is 9.88. The Balaban J connectivity index is 1.85. The molecule has 0 radical (unpaired) electrons. The van der Waals surface area contributed by atoms with E-state index >= 15 is 0 Å². The van der Waals surface area contributed by atoms with Gasteiger partial charge in [0.2, 0.25) is 0 Å². The van der Waals surface area contributed by atoms with Crippen LogP contribution >= 0.6 is 0 Å². The zero-order valence-corrected chi connectivity index (χ0v) is 11.1. The molecule has 4 heteroatoms. The summed E-state index contributed by atoms with van der Waals surface area (Å²) in [5, 5.41) is 0. The lowest BCUT2D eigenvalue weighted by Gasteiger charge is -2.45. The first-order valence-electron chi connectivity index (χ1n) is 7.09. The van der Waals surface area contributed by atoms with Gasteiger partial charge in [0.15, 0.2) is 0 Å². The highest BCUT2D eigenvalue weighted by atomic mass is 15.3. The predicted octanol–water partition coefficient (Wildman–Crippen LogP) is 2.42. The van der Waals surface area contributed by atoms with Crippen LogP contribution in [-0.2, 0) is 0 Å². The first kappa shape index (κ1) is 10.4. The second-order valence-electron chi connectivity index (χ2n) is 5.52. The monoisotopic (exact) mass is 262 g/mol. The van der Waals surface area contributed by atoms with Gasteiger partial charge in [0.05, 0.1) is 33.4 Å². The molecule has 98 valence electrons. The summed E-state index contributed by atoms with van der Waals surface area (Å²) in [4.78, 5) is 14.5. The van der Waals surface area contributed by atoms with E-state index in [0.717, 1.165) is 48.2 Å². The van der Waals surface area contributed by atoms with Crippen molar-refractivity contribution in [3.05, 3.63) is 36.4 Å². The van der Waals surface area contributed by atoms with Gasteiger partial charge >= 0.3 is 0 Å². The Bertz CT molecular complexity index is 764. The van der Waals surface area contributed by atoms with Crippen LogP contribution in [0.2, 0.25) is 0 Å². The molecule has 2 aromatic carbocycles. The number of anilines is 2. The molecule has 0 amide bonds. The Morgan fingerprint density at radius 2 is 1.10 bits per heavy atom. The van der Waals surface area contributed by atoms with Gasteiger partial charge in [-0.05, 0) is 24.3 Å². The normalized spacial score (nSPS) is 17.0. The van der Waals surface area contributed by atoms with Gasteiger partial charge < -0.3 is 9.80 Å². The molecule has 0 aliphatic carbocycles. The van der Waals surface area contributed by atoms with Gasteiger partial charge in [-0.2, -0.15) is 0 Å². The molecular formula is C16H14N4. The Morgan fingerprint density at radius 3 is 1.55 bits per heavy atom. The Morgan fingerprint density at radius 1 is 0.650 bits per heavy atom. The van der Waals surface area contributed by atoms with Crippen molar-refractivity contribution in [1.82, 2.24) is 9.97 Å². The molecule has 1 aromatic heterocycles. The first-order valence-corrected chi connectivity index (χ1v) is 7.09. The molecule has 1 fully saturated rings. The number of hydrogen-bond donors (Lipinski definition) is 0. The van der Waals surface area contributed by atoms with E-state index in [2.05, 4.69) is 21.9 Å². The third kappa shape index (κ3) is 1.31. The second kappa shape index (κ2) is 3.60. The van der Waals surface area contributed by atoms with Crippen LogP contribution < -0.4 is 9.80 Å². The highest BCUT2D eigenvalue weighted by Gasteiger charge is 2.28. The minimum absolute atomic E-state index is 0.969. The van der Waals surface area contributed by atoms with Crippen molar-refractivity contribution >= 4 is 33.4 Å². The van der Waals surface area contributed by atoms with Crippen LogP contribution in [0.5, 0.6) is 0 Å². The van der Waals surface area contributed by atoms with Crippen LogP contribution in [0, 0.1) is 0 Å². The van der Waals surface area contributed by atoms with E-state index in [1.807, 2.05) is 24.3 Å². The molecule has 0 atom stereocenters. The zero-order valence-electron chi connectivity index (χ0n) is 11.1. The highest BCUT2D eigenvalue weighted by Crippen LogP contribution is 2.38. The summed E-state index contributed by atoms with van der Waals surface area (Å²) < 4.78 is 0. The number of para-hydroxylation sites is 2. The number of fused-ring (bicyclic) bond motifs is 4. The summed E-state index contributed by atoms with van der Waals surface area (Å²) in [6.45, 7) is 4.50. The van der Waals surface area contributed by atoms with Gasteiger partial charge in [-0.3, -0.25) is 0 Å². The molecule has 4 heterocycles. The fourth-order valence-electron chi connectivity index (χ4n) is 3.34. The lowest BCUT2D eigenvalue weighted by Crippen LogP contribution is -2.51. The largest absolute Gasteiger partial charge is 0.366 e. The smallest absolute Gasteiger partial charge is 0.0916 e. The summed E-state index contributed by atoms with van der Waals surface area (Å²) >= 11 is 0. The number of piperazine rings is 1. The topological polar surface area (TPSA) is 32.3 Å². The second-order valence-corrected chi connectivity index (χ2v) is 5.52. The summed E-state index contributed by atoms with van der Waals surface area (Å²) in [5.41, 5.74) is 6.57. The van der Waals surface area contributed by atoms with Crippen molar-refractivity contribution in [2.75, 3.05) is 36.0 Å². The van der Waals surface area contributed by atoms with E-state index in [0.29, 0.717) is 0 Å². The molecule has 20 heavy (non-hydrogen) atoms. The number of nitrogens with zero attached hydrogens (tertiary/aromatic N) is 4. The highest BCUT2D eigenvalue weighted by molar-refractivity contribution is 5.93. The number of hydrogen-bond acceptors (Lipinski definition) is 4. The van der Waals surface area contributed by atoms with Crippen LogP contribution in [-0.4, -0.2) is 36.1 Å². The quantitative estimate of drug-likeness (QED) is 0.582. The SMILES string of the molecule is c1ccc2nc3cc4c(cc3nc2c1)N1CCN4CC1. The van der Waals surface area contributed by atoms with Gasteiger partial charge in [0, 0.05) is 26.2 Å². The summed E-state index contributed by atoms with van der Waals surface area (Å²) in [6.07, 6.45) is 0. The van der Waals surface area contributed by atoms with Crippen LogP contribution in [0.1, 0.15) is 0 Å². The van der Waals surface area contributed by atoms with E-state index in [4.69, 9.17) is 9.97 Å². The molecule has 3 aliphatic heterocycles. The number of aromatic nitrogens is 2. The standard InChI is InChI=1S/C16H14N4/c1-2-4-12-11(3-1)17-13-9-15-16(10-14(13)18-12)20-7-5-19(15)6-8-20/h1-4,9-10H,5-8H2. The van der Waals surface area contributed by atoms with Crippen LogP contribution in [0.4, 0.5) is 11.4 Å². The average Bonchev–Trinajstić information content (AvgIpc) is 2.52. The van der Waals surface area contributed by atoms with Crippen LogP contribution in [0.25, 0.3) is 22.1 Å². The molecule has 1 saturated heterocycles. The van der Waals surface area contributed by atoms with Gasteiger partial charge in [0.25, 0.3) is 0 Å². The van der Waals surface area contributed by atoms with Gasteiger partial charge in [-0.15, -0.1) is 0 Å². The third-order valence-corrected chi connectivity index (χ3v) is 4.40. The predicted molar refractivity (Wildman–Crippen MR) is 81.5 cm³/mol. The minimum Gasteiger partial charge on any atom is -0.366 e. The van der Waals surface area contributed by atoms with Gasteiger partial charge in [-0.1, -0.05) is 12.1 Å². The van der Waals surface area contributed by atoms with E-state index in [-0.39, 0.29) is 0 Å². The maximum absolute atomic E-state index is 4.76. The molecule has 0 unspecified atom stereocenters. The molecule has 3 aliphatic rings. The molecule has 0 N–H and O–H groups in total. The molecule has 4 nitrogen and oxygen atoms in total. The fourth-order valence-corrected chi connectivity index (χ4v) is 3.34. The molecule has 2 bridgehead atoms. The molecular weight excluding hydrogens is 248 g/mol. The lowest BCUT2D eigenvalue weighted by atomic mass is 10.1. The average molecular weight is 262 g/mol. The van der Waals surface area contributed by atoms with Crippen LogP contribution in [0.15, 0.2) is 36.4 Å². The zero-order chi connectivity index (χ0) is 13.1. The van der Waals surface area contributed by atoms with Gasteiger partial charge in [-0.25, -0.2) is 9.97 Å². The van der Waals surface area contributed by atoms with Crippen molar-refractivity contribution in [3.63, 3.8) is 0 Å².